The van der Waals surface area contributed by atoms with Crippen molar-refractivity contribution < 1.29 is 4.42 Å². The Bertz CT molecular complexity index is 1400. The second kappa shape index (κ2) is 7.45. The van der Waals surface area contributed by atoms with Gasteiger partial charge < -0.3 is 4.42 Å². The lowest BCUT2D eigenvalue weighted by molar-refractivity contribution is 0.562. The first kappa shape index (κ1) is 18.1. The smallest absolute Gasteiger partial charge is 0.344 e. The van der Waals surface area contributed by atoms with Crippen molar-refractivity contribution in [3.63, 3.8) is 0 Å². The van der Waals surface area contributed by atoms with Crippen molar-refractivity contribution in [1.29, 1.82) is 0 Å². The van der Waals surface area contributed by atoms with Crippen LogP contribution in [0, 0.1) is 6.92 Å². The summed E-state index contributed by atoms with van der Waals surface area (Å²) in [5.41, 5.74) is 6.51. The molecule has 0 fully saturated rings. The standard InChI is InChI=1S/C27H19NO2/c1-18-22-17-21(24-14-8-13-23(28-24)19-9-4-2-5-10-19)15-16-25(22)30-27(29)26(18)20-11-6-3-7-12-20/h2-17H,1H3. The zero-order valence-electron chi connectivity index (χ0n) is 16.5. The van der Waals surface area contributed by atoms with E-state index < -0.39 is 0 Å². The summed E-state index contributed by atoms with van der Waals surface area (Å²) in [6.45, 7) is 1.97. The minimum Gasteiger partial charge on any atom is -0.422 e. The Kier molecular flexibility index (Phi) is 4.49. The van der Waals surface area contributed by atoms with E-state index in [2.05, 4.69) is 18.2 Å². The van der Waals surface area contributed by atoms with Gasteiger partial charge in [-0.05, 0) is 48.4 Å². The Morgan fingerprint density at radius 3 is 2.00 bits per heavy atom. The maximum absolute atomic E-state index is 12.6. The molecule has 2 heterocycles. The Balaban J connectivity index is 1.66. The monoisotopic (exact) mass is 389 g/mol. The van der Waals surface area contributed by atoms with Crippen LogP contribution in [0.2, 0.25) is 0 Å². The lowest BCUT2D eigenvalue weighted by Gasteiger charge is -2.10. The zero-order valence-corrected chi connectivity index (χ0v) is 16.5. The Hall–Kier alpha value is -3.98. The predicted molar refractivity (Wildman–Crippen MR) is 121 cm³/mol. The van der Waals surface area contributed by atoms with Gasteiger partial charge in [-0.2, -0.15) is 0 Å². The van der Waals surface area contributed by atoms with E-state index in [1.807, 2.05) is 85.8 Å². The van der Waals surface area contributed by atoms with Crippen LogP contribution < -0.4 is 5.63 Å². The van der Waals surface area contributed by atoms with Gasteiger partial charge in [0.15, 0.2) is 0 Å². The first-order chi connectivity index (χ1) is 14.7. The summed E-state index contributed by atoms with van der Waals surface area (Å²) < 4.78 is 5.64. The maximum Gasteiger partial charge on any atom is 0.344 e. The Labute approximate surface area is 174 Å². The van der Waals surface area contributed by atoms with Crippen LogP contribution >= 0.6 is 0 Å². The fourth-order valence-corrected chi connectivity index (χ4v) is 3.81. The molecule has 0 amide bonds. The van der Waals surface area contributed by atoms with E-state index in [4.69, 9.17) is 9.40 Å². The van der Waals surface area contributed by atoms with Crippen LogP contribution in [0.1, 0.15) is 5.56 Å². The Morgan fingerprint density at radius 1 is 0.667 bits per heavy atom. The number of hydrogen-bond acceptors (Lipinski definition) is 3. The van der Waals surface area contributed by atoms with Gasteiger partial charge in [0, 0.05) is 16.5 Å². The van der Waals surface area contributed by atoms with E-state index >= 15 is 0 Å². The second-order valence-corrected chi connectivity index (χ2v) is 7.24. The molecule has 3 nitrogen and oxygen atoms in total. The normalized spacial score (nSPS) is 11.0. The molecule has 30 heavy (non-hydrogen) atoms. The van der Waals surface area contributed by atoms with Gasteiger partial charge >= 0.3 is 5.63 Å². The molecule has 144 valence electrons. The minimum atomic E-state index is -0.317. The molecule has 0 saturated carbocycles. The molecule has 5 rings (SSSR count). The lowest BCUT2D eigenvalue weighted by Crippen LogP contribution is -2.06. The SMILES string of the molecule is Cc1c(-c2ccccc2)c(=O)oc2ccc(-c3cccc(-c4ccccc4)n3)cc12. The van der Waals surface area contributed by atoms with Crippen molar-refractivity contribution in [3.8, 4) is 33.6 Å². The quantitative estimate of drug-likeness (QED) is 0.331. The molecule has 0 radical (unpaired) electrons. The molecular formula is C27H19NO2. The first-order valence-electron chi connectivity index (χ1n) is 9.86. The van der Waals surface area contributed by atoms with E-state index in [-0.39, 0.29) is 5.63 Å². The highest BCUT2D eigenvalue weighted by molar-refractivity contribution is 5.90. The van der Waals surface area contributed by atoms with Crippen LogP contribution in [-0.2, 0) is 0 Å². The van der Waals surface area contributed by atoms with Gasteiger partial charge in [0.1, 0.15) is 5.58 Å². The van der Waals surface area contributed by atoms with Crippen LogP contribution in [0.15, 0.2) is 106 Å². The third kappa shape index (κ3) is 3.20. The highest BCUT2D eigenvalue weighted by atomic mass is 16.4. The van der Waals surface area contributed by atoms with Crippen LogP contribution in [0.5, 0.6) is 0 Å². The molecule has 5 aromatic rings. The van der Waals surface area contributed by atoms with Gasteiger partial charge in [-0.25, -0.2) is 9.78 Å². The molecule has 0 bridgehead atoms. The highest BCUT2D eigenvalue weighted by Gasteiger charge is 2.14. The summed E-state index contributed by atoms with van der Waals surface area (Å²) in [5, 5.41) is 0.915. The molecular weight excluding hydrogens is 370 g/mol. The number of pyridine rings is 1. The summed E-state index contributed by atoms with van der Waals surface area (Å²) in [5.74, 6) is 0. The molecule has 0 atom stereocenters. The lowest BCUT2D eigenvalue weighted by atomic mass is 9.98. The average Bonchev–Trinajstić information content (AvgIpc) is 2.80. The van der Waals surface area contributed by atoms with Crippen molar-refractivity contribution >= 4 is 11.0 Å². The van der Waals surface area contributed by atoms with E-state index in [1.165, 1.54) is 0 Å². The molecule has 3 heteroatoms. The number of aryl methyl sites for hydroxylation is 1. The first-order valence-corrected chi connectivity index (χ1v) is 9.86. The molecule has 0 aliphatic rings. The summed E-state index contributed by atoms with van der Waals surface area (Å²) in [6, 6.07) is 31.6. The van der Waals surface area contributed by atoms with Crippen LogP contribution in [0.4, 0.5) is 0 Å². The zero-order chi connectivity index (χ0) is 20.5. The molecule has 0 saturated heterocycles. The topological polar surface area (TPSA) is 43.1 Å². The number of benzene rings is 3. The van der Waals surface area contributed by atoms with Gasteiger partial charge in [-0.3, -0.25) is 0 Å². The van der Waals surface area contributed by atoms with Crippen molar-refractivity contribution in [2.75, 3.05) is 0 Å². The number of hydrogen-bond donors (Lipinski definition) is 0. The molecule has 0 N–H and O–H groups in total. The molecule has 3 aromatic carbocycles. The van der Waals surface area contributed by atoms with Crippen molar-refractivity contribution in [3.05, 3.63) is 113 Å². The Morgan fingerprint density at radius 2 is 1.30 bits per heavy atom. The van der Waals surface area contributed by atoms with Crippen LogP contribution in [-0.4, -0.2) is 4.98 Å². The fraction of sp³-hybridized carbons (Fsp3) is 0.0370. The number of rotatable bonds is 3. The molecule has 2 aromatic heterocycles. The van der Waals surface area contributed by atoms with E-state index in [1.54, 1.807) is 0 Å². The summed E-state index contributed by atoms with van der Waals surface area (Å²) in [4.78, 5) is 17.5. The summed E-state index contributed by atoms with van der Waals surface area (Å²) in [6.07, 6.45) is 0. The maximum atomic E-state index is 12.6. The predicted octanol–water partition coefficient (Wildman–Crippen LogP) is 6.50. The van der Waals surface area contributed by atoms with Crippen LogP contribution in [0.25, 0.3) is 44.6 Å². The summed E-state index contributed by atoms with van der Waals surface area (Å²) in [7, 11) is 0. The van der Waals surface area contributed by atoms with Crippen LogP contribution in [0.3, 0.4) is 0 Å². The second-order valence-electron chi connectivity index (χ2n) is 7.24. The van der Waals surface area contributed by atoms with Crippen molar-refractivity contribution in [2.45, 2.75) is 6.92 Å². The largest absolute Gasteiger partial charge is 0.422 e. The van der Waals surface area contributed by atoms with Gasteiger partial charge in [0.05, 0.1) is 17.0 Å². The number of aromatic nitrogens is 1. The van der Waals surface area contributed by atoms with E-state index in [0.29, 0.717) is 11.1 Å². The van der Waals surface area contributed by atoms with Crippen molar-refractivity contribution in [2.24, 2.45) is 0 Å². The molecule has 0 aliphatic carbocycles. The highest BCUT2D eigenvalue weighted by Crippen LogP contribution is 2.30. The van der Waals surface area contributed by atoms with Gasteiger partial charge in [0.25, 0.3) is 0 Å². The molecule has 0 spiro atoms. The van der Waals surface area contributed by atoms with Gasteiger partial charge in [0.2, 0.25) is 0 Å². The minimum absolute atomic E-state index is 0.317. The van der Waals surface area contributed by atoms with Crippen molar-refractivity contribution in [1.82, 2.24) is 4.98 Å². The van der Waals surface area contributed by atoms with E-state index in [9.17, 15) is 4.79 Å². The van der Waals surface area contributed by atoms with E-state index in [0.717, 1.165) is 39.0 Å². The summed E-state index contributed by atoms with van der Waals surface area (Å²) >= 11 is 0. The average molecular weight is 389 g/mol. The number of fused-ring (bicyclic) bond motifs is 1. The third-order valence-corrected chi connectivity index (χ3v) is 5.34. The van der Waals surface area contributed by atoms with Gasteiger partial charge in [-0.1, -0.05) is 66.7 Å². The third-order valence-electron chi connectivity index (χ3n) is 5.34. The number of nitrogens with zero attached hydrogens (tertiary/aromatic N) is 1. The van der Waals surface area contributed by atoms with Gasteiger partial charge in [-0.15, -0.1) is 0 Å². The molecule has 0 unspecified atom stereocenters. The fourth-order valence-electron chi connectivity index (χ4n) is 3.81. The molecule has 0 aliphatic heterocycles.